The van der Waals surface area contributed by atoms with E-state index in [0.29, 0.717) is 0 Å². The molecular weight excluding hydrogens is 412 g/mol. The minimum absolute atomic E-state index is 0.0734. The number of carbonyl (C=O) groups is 2. The summed E-state index contributed by atoms with van der Waals surface area (Å²) < 4.78 is 15.9. The summed E-state index contributed by atoms with van der Waals surface area (Å²) in [4.78, 5) is 33.3. The number of hydrogen-bond acceptors (Lipinski definition) is 8. The van der Waals surface area contributed by atoms with Crippen molar-refractivity contribution in [3.05, 3.63) is 40.4 Å². The lowest BCUT2D eigenvalue weighted by molar-refractivity contribution is -0.127. The average Bonchev–Trinajstić information content (AvgIpc) is 2.67. The molecule has 0 saturated heterocycles. The van der Waals surface area contributed by atoms with E-state index in [0.717, 1.165) is 0 Å². The van der Waals surface area contributed by atoms with Crippen LogP contribution in [0.15, 0.2) is 29.8 Å². The second-order valence-electron chi connectivity index (χ2n) is 7.57. The summed E-state index contributed by atoms with van der Waals surface area (Å²) >= 11 is 6.09. The first kappa shape index (κ1) is 21.6. The molecule has 1 aliphatic rings. The number of aliphatic hydroxyl groups excluding tert-OH is 1. The fourth-order valence-corrected chi connectivity index (χ4v) is 3.35. The Bertz CT molecular complexity index is 1000. The zero-order valence-corrected chi connectivity index (χ0v) is 17.7. The molecule has 158 valence electrons. The van der Waals surface area contributed by atoms with Crippen molar-refractivity contribution in [3.63, 3.8) is 0 Å². The number of aromatic nitrogens is 2. The molecule has 0 atom stereocenters. The summed E-state index contributed by atoms with van der Waals surface area (Å²) in [6.07, 6.45) is 0.288. The molecule has 1 N–H and O–H groups in total. The number of aliphatic hydroxyl groups is 1. The second-order valence-corrected chi connectivity index (χ2v) is 8.00. The van der Waals surface area contributed by atoms with Gasteiger partial charge in [-0.1, -0.05) is 25.4 Å². The van der Waals surface area contributed by atoms with Crippen LogP contribution in [0.2, 0.25) is 5.02 Å². The Morgan fingerprint density at radius 1 is 1.03 bits per heavy atom. The number of hydrogen-bond donors (Lipinski definition) is 1. The summed E-state index contributed by atoms with van der Waals surface area (Å²) in [5.74, 6) is -0.847. The van der Waals surface area contributed by atoms with Crippen LogP contribution in [-0.2, 0) is 9.59 Å². The Morgan fingerprint density at radius 3 is 2.13 bits per heavy atom. The number of ketones is 2. The fourth-order valence-electron chi connectivity index (χ4n) is 3.18. The Balaban J connectivity index is 2.07. The van der Waals surface area contributed by atoms with E-state index in [9.17, 15) is 14.7 Å². The maximum atomic E-state index is 12.6. The standard InChI is InChI=1S/C21H21ClN2O6/c1-21(2)9-13(25)18(14(26)10-21)19(27)12-7-11(22)5-6-15(12)30-20-23-16(28-3)8-17(24-20)29-4/h5-8,27H,9-10H2,1-4H3. The van der Waals surface area contributed by atoms with Gasteiger partial charge in [-0.25, -0.2) is 0 Å². The number of carbonyl (C=O) groups excluding carboxylic acids is 2. The van der Waals surface area contributed by atoms with Crippen molar-refractivity contribution in [3.8, 4) is 23.5 Å². The number of ether oxygens (including phenoxy) is 3. The van der Waals surface area contributed by atoms with Gasteiger partial charge in [-0.05, 0) is 23.6 Å². The van der Waals surface area contributed by atoms with Crippen LogP contribution in [-0.4, -0.2) is 40.9 Å². The molecule has 0 bridgehead atoms. The van der Waals surface area contributed by atoms with Crippen molar-refractivity contribution in [2.24, 2.45) is 5.41 Å². The molecule has 1 saturated carbocycles. The molecule has 8 nitrogen and oxygen atoms in total. The summed E-state index contributed by atoms with van der Waals surface area (Å²) in [6, 6.07) is 5.76. The molecule has 3 rings (SSSR count). The van der Waals surface area contributed by atoms with Gasteiger partial charge >= 0.3 is 6.01 Å². The lowest BCUT2D eigenvalue weighted by Gasteiger charge is -2.29. The first-order valence-corrected chi connectivity index (χ1v) is 9.46. The van der Waals surface area contributed by atoms with E-state index in [1.54, 1.807) is 0 Å². The van der Waals surface area contributed by atoms with E-state index in [1.807, 2.05) is 13.8 Å². The van der Waals surface area contributed by atoms with Crippen LogP contribution in [0.5, 0.6) is 23.5 Å². The Morgan fingerprint density at radius 2 is 1.60 bits per heavy atom. The number of allylic oxidation sites excluding steroid dienone is 1. The van der Waals surface area contributed by atoms with E-state index in [1.165, 1.54) is 38.5 Å². The number of nitrogens with zero attached hydrogens (tertiary/aromatic N) is 2. The molecule has 0 amide bonds. The topological polar surface area (TPSA) is 108 Å². The molecule has 1 aromatic carbocycles. The van der Waals surface area contributed by atoms with Gasteiger partial charge in [0.1, 0.15) is 17.1 Å². The molecule has 2 aromatic rings. The maximum absolute atomic E-state index is 12.6. The predicted octanol–water partition coefficient (Wildman–Crippen LogP) is 4.17. The highest BCUT2D eigenvalue weighted by Crippen LogP contribution is 2.39. The molecule has 1 fully saturated rings. The van der Waals surface area contributed by atoms with Crippen molar-refractivity contribution in [1.82, 2.24) is 9.97 Å². The van der Waals surface area contributed by atoms with Crippen LogP contribution in [0.25, 0.3) is 5.76 Å². The molecule has 0 radical (unpaired) electrons. The van der Waals surface area contributed by atoms with Gasteiger partial charge in [0.2, 0.25) is 11.8 Å². The predicted molar refractivity (Wildman–Crippen MR) is 109 cm³/mol. The van der Waals surface area contributed by atoms with Gasteiger partial charge in [-0.2, -0.15) is 9.97 Å². The number of Topliss-reactive ketones (excluding diaryl/α,β-unsaturated/α-hetero) is 2. The third-order valence-electron chi connectivity index (χ3n) is 4.55. The smallest absolute Gasteiger partial charge is 0.328 e. The third-order valence-corrected chi connectivity index (χ3v) is 4.78. The number of rotatable bonds is 5. The SMILES string of the molecule is COc1cc(OC)nc(Oc2ccc(Cl)cc2C(O)=C2C(=O)CC(C)(C)CC2=O)n1. The van der Waals surface area contributed by atoms with Gasteiger partial charge in [-0.3, -0.25) is 9.59 Å². The summed E-state index contributed by atoms with van der Waals surface area (Å²) in [5, 5.41) is 11.1. The third kappa shape index (κ3) is 4.54. The zero-order chi connectivity index (χ0) is 22.1. The van der Waals surface area contributed by atoms with Crippen LogP contribution in [0.1, 0.15) is 32.3 Å². The van der Waals surface area contributed by atoms with E-state index >= 15 is 0 Å². The minimum atomic E-state index is -0.493. The molecule has 9 heteroatoms. The van der Waals surface area contributed by atoms with Gasteiger partial charge < -0.3 is 19.3 Å². The summed E-state index contributed by atoms with van der Waals surface area (Å²) in [5.41, 5.74) is -0.647. The van der Waals surface area contributed by atoms with Crippen molar-refractivity contribution in [2.45, 2.75) is 26.7 Å². The molecule has 30 heavy (non-hydrogen) atoms. The van der Waals surface area contributed by atoms with E-state index in [4.69, 9.17) is 25.8 Å². The maximum Gasteiger partial charge on any atom is 0.328 e. The van der Waals surface area contributed by atoms with Gasteiger partial charge in [0.15, 0.2) is 11.6 Å². The second kappa shape index (κ2) is 8.31. The minimum Gasteiger partial charge on any atom is -0.506 e. The number of benzene rings is 1. The van der Waals surface area contributed by atoms with Gasteiger partial charge in [0, 0.05) is 17.9 Å². The molecule has 1 aliphatic carbocycles. The largest absolute Gasteiger partial charge is 0.506 e. The molecule has 0 spiro atoms. The summed E-state index contributed by atoms with van der Waals surface area (Å²) in [6.45, 7) is 3.66. The zero-order valence-electron chi connectivity index (χ0n) is 17.0. The summed E-state index contributed by atoms with van der Waals surface area (Å²) in [7, 11) is 2.86. The molecule has 0 unspecified atom stereocenters. The lowest BCUT2D eigenvalue weighted by Crippen LogP contribution is -2.32. The Labute approximate surface area is 178 Å². The molecule has 1 aromatic heterocycles. The number of methoxy groups -OCH3 is 2. The highest BCUT2D eigenvalue weighted by Gasteiger charge is 2.38. The van der Waals surface area contributed by atoms with Crippen LogP contribution < -0.4 is 14.2 Å². The molecule has 0 aliphatic heterocycles. The van der Waals surface area contributed by atoms with E-state index in [2.05, 4.69) is 9.97 Å². The van der Waals surface area contributed by atoms with Crippen LogP contribution in [0.4, 0.5) is 0 Å². The molecule has 1 heterocycles. The van der Waals surface area contributed by atoms with Crippen molar-refractivity contribution in [2.75, 3.05) is 14.2 Å². The number of halogens is 1. The van der Waals surface area contributed by atoms with Gasteiger partial charge in [0.05, 0.1) is 25.8 Å². The quantitative estimate of drug-likeness (QED) is 0.426. The normalized spacial score (nSPS) is 15.7. The fraction of sp³-hybridized carbons (Fsp3) is 0.333. The first-order chi connectivity index (χ1) is 14.1. The van der Waals surface area contributed by atoms with Gasteiger partial charge in [-0.15, -0.1) is 0 Å². The highest BCUT2D eigenvalue weighted by molar-refractivity contribution is 6.31. The highest BCUT2D eigenvalue weighted by atomic mass is 35.5. The van der Waals surface area contributed by atoms with Crippen LogP contribution in [0, 0.1) is 5.41 Å². The lowest BCUT2D eigenvalue weighted by atomic mass is 9.73. The van der Waals surface area contributed by atoms with Crippen LogP contribution in [0.3, 0.4) is 0 Å². The Hall–Kier alpha value is -3.13. The van der Waals surface area contributed by atoms with Crippen molar-refractivity contribution in [1.29, 1.82) is 0 Å². The molecular formula is C21H21ClN2O6. The monoisotopic (exact) mass is 432 g/mol. The van der Waals surface area contributed by atoms with Gasteiger partial charge in [0.25, 0.3) is 0 Å². The Kier molecular flexibility index (Phi) is 5.98. The average molecular weight is 433 g/mol. The van der Waals surface area contributed by atoms with Crippen LogP contribution >= 0.6 is 11.6 Å². The van der Waals surface area contributed by atoms with E-state index < -0.39 is 22.7 Å². The van der Waals surface area contributed by atoms with Crippen molar-refractivity contribution < 1.29 is 28.9 Å². The first-order valence-electron chi connectivity index (χ1n) is 9.08. The van der Waals surface area contributed by atoms with E-state index in [-0.39, 0.29) is 52.5 Å². The van der Waals surface area contributed by atoms with Crippen molar-refractivity contribution >= 4 is 28.9 Å².